The number of benzene rings is 1. The summed E-state index contributed by atoms with van der Waals surface area (Å²) >= 11 is 0. The van der Waals surface area contributed by atoms with E-state index in [-0.39, 0.29) is 5.56 Å². The second-order valence-electron chi connectivity index (χ2n) is 4.68. The standard InChI is InChI=1S/C15H11FN4O2/c1-9-8-13-17-7-6-12(20(13)19-9)18-15(22)14(21)10-2-4-11(16)5-3-10/h2-8H,1H3,(H,18,22). The van der Waals surface area contributed by atoms with Crippen LogP contribution in [0.2, 0.25) is 0 Å². The molecular formula is C15H11FN4O2. The number of hydrogen-bond acceptors (Lipinski definition) is 4. The van der Waals surface area contributed by atoms with Gasteiger partial charge in [0.15, 0.2) is 5.65 Å². The Kier molecular flexibility index (Phi) is 3.38. The Morgan fingerprint density at radius 3 is 2.64 bits per heavy atom. The summed E-state index contributed by atoms with van der Waals surface area (Å²) < 4.78 is 14.3. The maximum Gasteiger partial charge on any atom is 0.297 e. The van der Waals surface area contributed by atoms with Gasteiger partial charge in [-0.3, -0.25) is 9.59 Å². The molecule has 1 aromatic carbocycles. The molecule has 22 heavy (non-hydrogen) atoms. The first kappa shape index (κ1) is 13.9. The number of aryl methyl sites for hydroxylation is 1. The van der Waals surface area contributed by atoms with Crippen molar-refractivity contribution in [2.24, 2.45) is 0 Å². The average Bonchev–Trinajstić information content (AvgIpc) is 2.88. The normalized spacial score (nSPS) is 10.6. The Morgan fingerprint density at radius 2 is 1.91 bits per heavy atom. The van der Waals surface area contributed by atoms with E-state index in [4.69, 9.17) is 0 Å². The quantitative estimate of drug-likeness (QED) is 0.592. The minimum absolute atomic E-state index is 0.112. The van der Waals surface area contributed by atoms with E-state index in [1.807, 2.05) is 0 Å². The van der Waals surface area contributed by atoms with E-state index in [9.17, 15) is 14.0 Å². The molecule has 0 unspecified atom stereocenters. The Bertz CT molecular complexity index is 871. The molecule has 1 amide bonds. The average molecular weight is 298 g/mol. The summed E-state index contributed by atoms with van der Waals surface area (Å²) in [6.07, 6.45) is 1.51. The van der Waals surface area contributed by atoms with E-state index in [2.05, 4.69) is 15.4 Å². The van der Waals surface area contributed by atoms with Crippen molar-refractivity contribution in [2.45, 2.75) is 6.92 Å². The van der Waals surface area contributed by atoms with E-state index in [0.29, 0.717) is 11.5 Å². The van der Waals surface area contributed by atoms with Crippen LogP contribution in [0, 0.1) is 12.7 Å². The molecular weight excluding hydrogens is 287 g/mol. The predicted octanol–water partition coefficient (Wildman–Crippen LogP) is 2.00. The van der Waals surface area contributed by atoms with Crippen molar-refractivity contribution in [3.63, 3.8) is 0 Å². The third-order valence-electron chi connectivity index (χ3n) is 3.03. The maximum absolute atomic E-state index is 12.8. The van der Waals surface area contributed by atoms with Gasteiger partial charge in [-0.25, -0.2) is 9.37 Å². The molecule has 2 heterocycles. The van der Waals surface area contributed by atoms with Gasteiger partial charge in [0.1, 0.15) is 11.6 Å². The Morgan fingerprint density at radius 1 is 1.18 bits per heavy atom. The molecule has 0 aliphatic heterocycles. The van der Waals surface area contributed by atoms with Crippen LogP contribution in [-0.4, -0.2) is 26.3 Å². The molecule has 1 N–H and O–H groups in total. The molecule has 0 spiro atoms. The number of amides is 1. The van der Waals surface area contributed by atoms with Crippen molar-refractivity contribution in [1.29, 1.82) is 0 Å². The van der Waals surface area contributed by atoms with E-state index in [0.717, 1.165) is 17.8 Å². The van der Waals surface area contributed by atoms with E-state index in [1.165, 1.54) is 28.9 Å². The molecule has 7 heteroatoms. The summed E-state index contributed by atoms with van der Waals surface area (Å²) in [7, 11) is 0. The number of carbonyl (C=O) groups excluding carboxylic acids is 2. The number of anilines is 1. The molecule has 0 aliphatic carbocycles. The maximum atomic E-state index is 12.8. The third kappa shape index (κ3) is 2.56. The lowest BCUT2D eigenvalue weighted by Gasteiger charge is -2.06. The number of nitrogens with one attached hydrogen (secondary N) is 1. The second kappa shape index (κ2) is 5.36. The van der Waals surface area contributed by atoms with Crippen LogP contribution < -0.4 is 5.32 Å². The molecule has 0 saturated carbocycles. The molecule has 110 valence electrons. The zero-order chi connectivity index (χ0) is 15.7. The van der Waals surface area contributed by atoms with Gasteiger partial charge in [0.2, 0.25) is 0 Å². The molecule has 0 radical (unpaired) electrons. The summed E-state index contributed by atoms with van der Waals surface area (Å²) in [6, 6.07) is 8.06. The van der Waals surface area contributed by atoms with Gasteiger partial charge < -0.3 is 5.32 Å². The van der Waals surface area contributed by atoms with Gasteiger partial charge in [0, 0.05) is 17.8 Å². The van der Waals surface area contributed by atoms with Crippen molar-refractivity contribution >= 4 is 23.2 Å². The van der Waals surface area contributed by atoms with Crippen LogP contribution in [0.15, 0.2) is 42.6 Å². The highest BCUT2D eigenvalue weighted by Gasteiger charge is 2.18. The zero-order valence-electron chi connectivity index (χ0n) is 11.6. The number of ketones is 1. The molecule has 2 aromatic heterocycles. The number of rotatable bonds is 3. The van der Waals surface area contributed by atoms with Crippen LogP contribution >= 0.6 is 0 Å². The number of fused-ring (bicyclic) bond motifs is 1. The van der Waals surface area contributed by atoms with Crippen LogP contribution in [0.1, 0.15) is 16.1 Å². The van der Waals surface area contributed by atoms with Gasteiger partial charge in [-0.1, -0.05) is 0 Å². The highest BCUT2D eigenvalue weighted by Crippen LogP contribution is 2.12. The number of hydrogen-bond donors (Lipinski definition) is 1. The first-order chi connectivity index (χ1) is 10.5. The summed E-state index contributed by atoms with van der Waals surface area (Å²) in [5.41, 5.74) is 1.41. The predicted molar refractivity (Wildman–Crippen MR) is 77.1 cm³/mol. The van der Waals surface area contributed by atoms with Crippen molar-refractivity contribution in [3.05, 3.63) is 59.7 Å². The summed E-state index contributed by atoms with van der Waals surface area (Å²) in [5, 5.41) is 6.68. The molecule has 6 nitrogen and oxygen atoms in total. The lowest BCUT2D eigenvalue weighted by atomic mass is 10.1. The number of Topliss-reactive ketones (excluding diaryl/α,β-unsaturated/α-hetero) is 1. The monoisotopic (exact) mass is 298 g/mol. The molecule has 3 aromatic rings. The van der Waals surface area contributed by atoms with E-state index >= 15 is 0 Å². The molecule has 0 aliphatic rings. The van der Waals surface area contributed by atoms with Crippen LogP contribution in [0.5, 0.6) is 0 Å². The number of aromatic nitrogens is 3. The SMILES string of the molecule is Cc1cc2nccc(NC(=O)C(=O)c3ccc(F)cc3)n2n1. The molecule has 0 bridgehead atoms. The van der Waals surface area contributed by atoms with Gasteiger partial charge in [0.05, 0.1) is 5.69 Å². The van der Waals surface area contributed by atoms with Crippen molar-refractivity contribution in [1.82, 2.24) is 14.6 Å². The fourth-order valence-corrected chi connectivity index (χ4v) is 2.01. The van der Waals surface area contributed by atoms with Crippen LogP contribution in [0.4, 0.5) is 10.2 Å². The fraction of sp³-hybridized carbons (Fsp3) is 0.0667. The molecule has 0 atom stereocenters. The summed E-state index contributed by atoms with van der Waals surface area (Å²) in [6.45, 7) is 1.80. The molecule has 3 rings (SSSR count). The van der Waals surface area contributed by atoms with Crippen LogP contribution in [0.3, 0.4) is 0 Å². The van der Waals surface area contributed by atoms with Gasteiger partial charge in [-0.05, 0) is 37.3 Å². The van der Waals surface area contributed by atoms with Crippen LogP contribution in [-0.2, 0) is 4.79 Å². The largest absolute Gasteiger partial charge is 0.304 e. The Balaban J connectivity index is 1.86. The minimum Gasteiger partial charge on any atom is -0.304 e. The molecule has 0 fully saturated rings. The number of halogens is 1. The van der Waals surface area contributed by atoms with E-state index < -0.39 is 17.5 Å². The highest BCUT2D eigenvalue weighted by molar-refractivity contribution is 6.46. The van der Waals surface area contributed by atoms with Gasteiger partial charge in [-0.2, -0.15) is 9.61 Å². The second-order valence-corrected chi connectivity index (χ2v) is 4.68. The van der Waals surface area contributed by atoms with Gasteiger partial charge in [-0.15, -0.1) is 0 Å². The van der Waals surface area contributed by atoms with Crippen molar-refractivity contribution < 1.29 is 14.0 Å². The Hall–Kier alpha value is -3.09. The van der Waals surface area contributed by atoms with Crippen molar-refractivity contribution in [2.75, 3.05) is 5.32 Å². The minimum atomic E-state index is -0.827. The first-order valence-electron chi connectivity index (χ1n) is 6.47. The molecule has 0 saturated heterocycles. The van der Waals surface area contributed by atoms with Crippen LogP contribution in [0.25, 0.3) is 5.65 Å². The van der Waals surface area contributed by atoms with Gasteiger partial charge >= 0.3 is 0 Å². The highest BCUT2D eigenvalue weighted by atomic mass is 19.1. The van der Waals surface area contributed by atoms with Gasteiger partial charge in [0.25, 0.3) is 11.7 Å². The van der Waals surface area contributed by atoms with E-state index in [1.54, 1.807) is 13.0 Å². The lowest BCUT2D eigenvalue weighted by Crippen LogP contribution is -2.24. The zero-order valence-corrected chi connectivity index (χ0v) is 11.6. The third-order valence-corrected chi connectivity index (χ3v) is 3.03. The number of carbonyl (C=O) groups is 2. The lowest BCUT2D eigenvalue weighted by molar-refractivity contribution is -0.112. The topological polar surface area (TPSA) is 76.4 Å². The number of nitrogens with zero attached hydrogens (tertiary/aromatic N) is 3. The summed E-state index contributed by atoms with van der Waals surface area (Å²) in [5.74, 6) is -1.72. The fourth-order valence-electron chi connectivity index (χ4n) is 2.01. The smallest absolute Gasteiger partial charge is 0.297 e. The van der Waals surface area contributed by atoms with Crippen molar-refractivity contribution in [3.8, 4) is 0 Å². The first-order valence-corrected chi connectivity index (χ1v) is 6.47. The Labute approximate surface area is 124 Å². The summed E-state index contributed by atoms with van der Waals surface area (Å²) in [4.78, 5) is 28.2.